The van der Waals surface area contributed by atoms with E-state index in [9.17, 15) is 4.79 Å². The molecule has 120 valence electrons. The molecule has 0 unspecified atom stereocenters. The number of urea groups is 1. The second kappa shape index (κ2) is 7.05. The van der Waals surface area contributed by atoms with Crippen LogP contribution in [-0.2, 0) is 13.0 Å². The molecule has 2 aromatic rings. The Bertz CT molecular complexity index is 700. The maximum absolute atomic E-state index is 11.8. The smallest absolute Gasteiger partial charge is 0.315 e. The van der Waals surface area contributed by atoms with E-state index in [4.69, 9.17) is 9.47 Å². The largest absolute Gasteiger partial charge is 0.454 e. The van der Waals surface area contributed by atoms with E-state index in [1.165, 1.54) is 11.1 Å². The molecule has 5 heteroatoms. The lowest BCUT2D eigenvalue weighted by atomic mass is 10.1. The number of fused-ring (bicyclic) bond motifs is 1. The Morgan fingerprint density at radius 1 is 1.09 bits per heavy atom. The van der Waals surface area contributed by atoms with Crippen molar-refractivity contribution in [2.75, 3.05) is 13.3 Å². The summed E-state index contributed by atoms with van der Waals surface area (Å²) in [7, 11) is 0. The molecule has 23 heavy (non-hydrogen) atoms. The lowest BCUT2D eigenvalue weighted by Crippen LogP contribution is -2.36. The molecule has 0 atom stereocenters. The zero-order chi connectivity index (χ0) is 16.1. The van der Waals surface area contributed by atoms with Crippen molar-refractivity contribution in [3.63, 3.8) is 0 Å². The number of hydrogen-bond acceptors (Lipinski definition) is 3. The van der Waals surface area contributed by atoms with Gasteiger partial charge in [-0.25, -0.2) is 4.79 Å². The van der Waals surface area contributed by atoms with Gasteiger partial charge >= 0.3 is 6.03 Å². The molecule has 0 saturated heterocycles. The number of amides is 2. The van der Waals surface area contributed by atoms with Crippen molar-refractivity contribution in [3.05, 3.63) is 59.2 Å². The molecule has 0 aliphatic carbocycles. The van der Waals surface area contributed by atoms with Gasteiger partial charge in [-0.05, 0) is 42.2 Å². The van der Waals surface area contributed by atoms with Crippen molar-refractivity contribution in [1.82, 2.24) is 10.6 Å². The Hall–Kier alpha value is -2.69. The van der Waals surface area contributed by atoms with Crippen molar-refractivity contribution in [2.45, 2.75) is 19.9 Å². The van der Waals surface area contributed by atoms with Crippen molar-refractivity contribution in [1.29, 1.82) is 0 Å². The summed E-state index contributed by atoms with van der Waals surface area (Å²) in [5.74, 6) is 1.47. The highest BCUT2D eigenvalue weighted by molar-refractivity contribution is 5.73. The second-order valence-electron chi connectivity index (χ2n) is 5.47. The van der Waals surface area contributed by atoms with Gasteiger partial charge in [0.2, 0.25) is 6.79 Å². The summed E-state index contributed by atoms with van der Waals surface area (Å²) in [5, 5.41) is 5.72. The van der Waals surface area contributed by atoms with Gasteiger partial charge < -0.3 is 20.1 Å². The van der Waals surface area contributed by atoms with E-state index in [0.29, 0.717) is 13.1 Å². The van der Waals surface area contributed by atoms with Crippen LogP contribution < -0.4 is 20.1 Å². The van der Waals surface area contributed by atoms with Crippen molar-refractivity contribution in [2.24, 2.45) is 0 Å². The molecule has 1 heterocycles. The molecule has 2 N–H and O–H groups in total. The summed E-state index contributed by atoms with van der Waals surface area (Å²) >= 11 is 0. The number of aryl methyl sites for hydroxylation is 1. The fraction of sp³-hybridized carbons (Fsp3) is 0.278. The van der Waals surface area contributed by atoms with E-state index in [1.807, 2.05) is 30.3 Å². The summed E-state index contributed by atoms with van der Waals surface area (Å²) in [6, 6.07) is 13.7. The van der Waals surface area contributed by atoms with Crippen molar-refractivity contribution >= 4 is 6.03 Å². The average molecular weight is 312 g/mol. The van der Waals surface area contributed by atoms with Crippen LogP contribution in [0, 0.1) is 6.92 Å². The van der Waals surface area contributed by atoms with Gasteiger partial charge in [0.05, 0.1) is 0 Å². The topological polar surface area (TPSA) is 59.6 Å². The van der Waals surface area contributed by atoms with Crippen LogP contribution in [0.25, 0.3) is 0 Å². The van der Waals surface area contributed by atoms with Crippen LogP contribution >= 0.6 is 0 Å². The maximum atomic E-state index is 11.8. The lowest BCUT2D eigenvalue weighted by molar-refractivity contribution is 0.174. The number of hydrogen-bond donors (Lipinski definition) is 2. The van der Waals surface area contributed by atoms with Gasteiger partial charge in [-0.2, -0.15) is 0 Å². The summed E-state index contributed by atoms with van der Waals surface area (Å²) in [6.45, 7) is 3.39. The molecule has 1 aliphatic heterocycles. The first-order chi connectivity index (χ1) is 11.2. The Morgan fingerprint density at radius 2 is 1.91 bits per heavy atom. The highest BCUT2D eigenvalue weighted by Gasteiger charge is 2.13. The minimum Gasteiger partial charge on any atom is -0.454 e. The van der Waals surface area contributed by atoms with Crippen molar-refractivity contribution in [3.8, 4) is 11.5 Å². The first kappa shape index (κ1) is 15.2. The summed E-state index contributed by atoms with van der Waals surface area (Å²) < 4.78 is 10.6. The average Bonchev–Trinajstić information content (AvgIpc) is 3.02. The fourth-order valence-corrected chi connectivity index (χ4v) is 2.50. The molecule has 0 bridgehead atoms. The van der Waals surface area contributed by atoms with Crippen LogP contribution in [-0.4, -0.2) is 19.4 Å². The third-order valence-corrected chi connectivity index (χ3v) is 3.83. The molecule has 2 amide bonds. The van der Waals surface area contributed by atoms with Gasteiger partial charge in [-0.15, -0.1) is 0 Å². The molecule has 0 radical (unpaired) electrons. The molecule has 5 nitrogen and oxygen atoms in total. The number of rotatable bonds is 5. The Kier molecular flexibility index (Phi) is 4.66. The maximum Gasteiger partial charge on any atom is 0.315 e. The molecular weight excluding hydrogens is 292 g/mol. The minimum absolute atomic E-state index is 0.170. The molecule has 2 aromatic carbocycles. The van der Waals surface area contributed by atoms with Crippen LogP contribution in [0.5, 0.6) is 11.5 Å². The Labute approximate surface area is 135 Å². The molecule has 0 fully saturated rings. The Morgan fingerprint density at radius 3 is 2.78 bits per heavy atom. The van der Waals surface area contributed by atoms with E-state index in [0.717, 1.165) is 23.5 Å². The monoisotopic (exact) mass is 312 g/mol. The quantitative estimate of drug-likeness (QED) is 0.892. The molecule has 1 aliphatic rings. The lowest BCUT2D eigenvalue weighted by Gasteiger charge is -2.09. The van der Waals surface area contributed by atoms with E-state index >= 15 is 0 Å². The van der Waals surface area contributed by atoms with Crippen LogP contribution in [0.3, 0.4) is 0 Å². The van der Waals surface area contributed by atoms with Crippen LogP contribution in [0.4, 0.5) is 4.79 Å². The standard InChI is InChI=1S/C18H20N2O3/c1-13-4-2-3-5-15(13)8-9-19-18(21)20-11-14-6-7-16-17(10-14)23-12-22-16/h2-7,10H,8-9,11-12H2,1H3,(H2,19,20,21). The molecule has 0 saturated carbocycles. The van der Waals surface area contributed by atoms with Crippen LogP contribution in [0.15, 0.2) is 42.5 Å². The Balaban J connectivity index is 1.42. The van der Waals surface area contributed by atoms with Crippen LogP contribution in [0.1, 0.15) is 16.7 Å². The number of ether oxygens (including phenoxy) is 2. The highest BCUT2D eigenvalue weighted by atomic mass is 16.7. The van der Waals surface area contributed by atoms with Crippen LogP contribution in [0.2, 0.25) is 0 Å². The van der Waals surface area contributed by atoms with E-state index < -0.39 is 0 Å². The third kappa shape index (κ3) is 3.94. The first-order valence-corrected chi connectivity index (χ1v) is 7.67. The predicted octanol–water partition coefficient (Wildman–Crippen LogP) is 2.77. The van der Waals surface area contributed by atoms with Gasteiger partial charge in [-0.1, -0.05) is 30.3 Å². The highest BCUT2D eigenvalue weighted by Crippen LogP contribution is 2.32. The van der Waals surface area contributed by atoms with Gasteiger partial charge in [-0.3, -0.25) is 0 Å². The zero-order valence-electron chi connectivity index (χ0n) is 13.1. The number of nitrogens with one attached hydrogen (secondary N) is 2. The normalized spacial score (nSPS) is 12.0. The number of carbonyl (C=O) groups excluding carboxylic acids is 1. The fourth-order valence-electron chi connectivity index (χ4n) is 2.50. The van der Waals surface area contributed by atoms with Crippen molar-refractivity contribution < 1.29 is 14.3 Å². The van der Waals surface area contributed by atoms with E-state index in [-0.39, 0.29) is 12.8 Å². The SMILES string of the molecule is Cc1ccccc1CCNC(=O)NCc1ccc2c(c1)OCO2. The van der Waals surface area contributed by atoms with E-state index in [1.54, 1.807) is 0 Å². The van der Waals surface area contributed by atoms with Gasteiger partial charge in [0.1, 0.15) is 0 Å². The summed E-state index contributed by atoms with van der Waals surface area (Å²) in [6.07, 6.45) is 0.824. The number of benzene rings is 2. The minimum atomic E-state index is -0.170. The zero-order valence-corrected chi connectivity index (χ0v) is 13.1. The second-order valence-corrected chi connectivity index (χ2v) is 5.47. The predicted molar refractivity (Wildman–Crippen MR) is 87.7 cm³/mol. The first-order valence-electron chi connectivity index (χ1n) is 7.67. The molecule has 3 rings (SSSR count). The van der Waals surface area contributed by atoms with Gasteiger partial charge in [0, 0.05) is 13.1 Å². The molecule has 0 spiro atoms. The van der Waals surface area contributed by atoms with E-state index in [2.05, 4.69) is 29.7 Å². The molecular formula is C18H20N2O3. The molecule has 0 aromatic heterocycles. The number of carbonyl (C=O) groups is 1. The summed E-state index contributed by atoms with van der Waals surface area (Å²) in [4.78, 5) is 11.8. The van der Waals surface area contributed by atoms with Gasteiger partial charge in [0.25, 0.3) is 0 Å². The van der Waals surface area contributed by atoms with Gasteiger partial charge in [0.15, 0.2) is 11.5 Å². The summed E-state index contributed by atoms with van der Waals surface area (Å²) in [5.41, 5.74) is 3.47. The third-order valence-electron chi connectivity index (χ3n) is 3.83.